The summed E-state index contributed by atoms with van der Waals surface area (Å²) in [6.07, 6.45) is 2.86. The van der Waals surface area contributed by atoms with Gasteiger partial charge < -0.3 is 0 Å². The van der Waals surface area contributed by atoms with Crippen LogP contribution in [0.25, 0.3) is 0 Å². The Bertz CT molecular complexity index is 229. The molecule has 0 heterocycles. The monoisotopic (exact) mass is 166 g/mol. The summed E-state index contributed by atoms with van der Waals surface area (Å²) in [6, 6.07) is 0. The van der Waals surface area contributed by atoms with Gasteiger partial charge >= 0.3 is 0 Å². The first-order chi connectivity index (χ1) is 5.42. The minimum atomic E-state index is 0.232. The van der Waals surface area contributed by atoms with Crippen molar-refractivity contribution in [2.45, 2.75) is 47.0 Å². The van der Waals surface area contributed by atoms with Gasteiger partial charge in [-0.05, 0) is 37.7 Å². The van der Waals surface area contributed by atoms with E-state index in [1.807, 2.05) is 13.8 Å². The van der Waals surface area contributed by atoms with Crippen LogP contribution >= 0.6 is 0 Å². The largest absolute Gasteiger partial charge is 0.295 e. The predicted octanol–water partition coefficient (Wildman–Crippen LogP) is 3.10. The maximum atomic E-state index is 11.6. The molecule has 0 amide bonds. The number of carbonyl (C=O) groups is 1. The van der Waals surface area contributed by atoms with Crippen LogP contribution in [-0.4, -0.2) is 5.78 Å². The molecule has 0 bridgehead atoms. The summed E-state index contributed by atoms with van der Waals surface area (Å²) >= 11 is 0. The zero-order valence-electron chi connectivity index (χ0n) is 8.53. The third-order valence-corrected chi connectivity index (χ3v) is 2.63. The van der Waals surface area contributed by atoms with Crippen LogP contribution in [0.3, 0.4) is 0 Å². The standard InChI is InChI=1S/C11H18O/c1-8(2)9-5-6-11(3,4)7-10(9)12/h5-7H2,1-4H3. The van der Waals surface area contributed by atoms with E-state index < -0.39 is 0 Å². The third-order valence-electron chi connectivity index (χ3n) is 2.63. The first-order valence-electron chi connectivity index (χ1n) is 4.62. The van der Waals surface area contributed by atoms with Gasteiger partial charge in [-0.15, -0.1) is 0 Å². The molecule has 1 aliphatic rings. The van der Waals surface area contributed by atoms with Crippen LogP contribution in [0.2, 0.25) is 0 Å². The number of ketones is 1. The summed E-state index contributed by atoms with van der Waals surface area (Å²) in [7, 11) is 0. The van der Waals surface area contributed by atoms with E-state index in [2.05, 4.69) is 13.8 Å². The van der Waals surface area contributed by atoms with E-state index in [0.29, 0.717) is 5.78 Å². The van der Waals surface area contributed by atoms with Gasteiger partial charge in [-0.2, -0.15) is 0 Å². The Labute approximate surface area is 74.9 Å². The Morgan fingerprint density at radius 2 is 1.92 bits per heavy atom. The summed E-state index contributed by atoms with van der Waals surface area (Å²) in [6.45, 7) is 8.41. The molecule has 0 spiro atoms. The molecule has 1 rings (SSSR count). The summed E-state index contributed by atoms with van der Waals surface area (Å²) in [5.41, 5.74) is 2.51. The van der Waals surface area contributed by atoms with Crippen LogP contribution < -0.4 is 0 Å². The minimum Gasteiger partial charge on any atom is -0.295 e. The maximum Gasteiger partial charge on any atom is 0.159 e. The SMILES string of the molecule is CC(C)=C1CCC(C)(C)CC1=O. The molecular formula is C11H18O. The molecule has 0 aromatic rings. The molecule has 1 fully saturated rings. The van der Waals surface area contributed by atoms with Gasteiger partial charge in [0.2, 0.25) is 0 Å². The Balaban J connectivity index is 2.81. The molecule has 1 saturated carbocycles. The molecule has 1 nitrogen and oxygen atoms in total. The second-order valence-electron chi connectivity index (χ2n) is 4.74. The molecule has 68 valence electrons. The highest BCUT2D eigenvalue weighted by Gasteiger charge is 2.29. The van der Waals surface area contributed by atoms with Crippen LogP contribution in [0.5, 0.6) is 0 Å². The molecule has 1 heteroatoms. The highest BCUT2D eigenvalue weighted by molar-refractivity contribution is 5.97. The fourth-order valence-electron chi connectivity index (χ4n) is 1.76. The van der Waals surface area contributed by atoms with Crippen LogP contribution in [0.1, 0.15) is 47.0 Å². The first kappa shape index (κ1) is 9.50. The topological polar surface area (TPSA) is 17.1 Å². The number of carbonyl (C=O) groups excluding carboxylic acids is 1. The molecule has 0 atom stereocenters. The van der Waals surface area contributed by atoms with E-state index in [0.717, 1.165) is 24.8 Å². The lowest BCUT2D eigenvalue weighted by Crippen LogP contribution is -2.24. The van der Waals surface area contributed by atoms with Gasteiger partial charge in [-0.1, -0.05) is 19.4 Å². The molecule has 0 aromatic carbocycles. The minimum absolute atomic E-state index is 0.232. The van der Waals surface area contributed by atoms with E-state index >= 15 is 0 Å². The van der Waals surface area contributed by atoms with Crippen molar-refractivity contribution in [1.29, 1.82) is 0 Å². The van der Waals surface area contributed by atoms with Crippen molar-refractivity contribution in [2.75, 3.05) is 0 Å². The van der Waals surface area contributed by atoms with Crippen molar-refractivity contribution in [1.82, 2.24) is 0 Å². The van der Waals surface area contributed by atoms with Crippen LogP contribution in [0.15, 0.2) is 11.1 Å². The fraction of sp³-hybridized carbons (Fsp3) is 0.727. The number of hydrogen-bond donors (Lipinski definition) is 0. The van der Waals surface area contributed by atoms with Crippen molar-refractivity contribution in [3.8, 4) is 0 Å². The van der Waals surface area contributed by atoms with E-state index in [1.165, 1.54) is 5.57 Å². The average Bonchev–Trinajstić information content (AvgIpc) is 1.83. The Kier molecular flexibility index (Phi) is 2.41. The average molecular weight is 166 g/mol. The van der Waals surface area contributed by atoms with Crippen LogP contribution in [0.4, 0.5) is 0 Å². The lowest BCUT2D eigenvalue weighted by atomic mass is 9.74. The molecule has 0 unspecified atom stereocenters. The molecule has 0 aliphatic heterocycles. The molecular weight excluding hydrogens is 148 g/mol. The maximum absolute atomic E-state index is 11.6. The number of rotatable bonds is 0. The van der Waals surface area contributed by atoms with E-state index in [4.69, 9.17) is 0 Å². The van der Waals surface area contributed by atoms with Gasteiger partial charge in [-0.3, -0.25) is 4.79 Å². The lowest BCUT2D eigenvalue weighted by Gasteiger charge is -2.30. The Morgan fingerprint density at radius 3 is 2.33 bits per heavy atom. The van der Waals surface area contributed by atoms with Gasteiger partial charge in [0.05, 0.1) is 0 Å². The van der Waals surface area contributed by atoms with E-state index in [9.17, 15) is 4.79 Å². The summed E-state index contributed by atoms with van der Waals surface area (Å²) in [5.74, 6) is 0.367. The second-order valence-corrected chi connectivity index (χ2v) is 4.74. The van der Waals surface area contributed by atoms with E-state index in [-0.39, 0.29) is 5.41 Å². The van der Waals surface area contributed by atoms with Crippen molar-refractivity contribution in [3.63, 3.8) is 0 Å². The smallest absolute Gasteiger partial charge is 0.159 e. The number of Topliss-reactive ketones (excluding diaryl/α,β-unsaturated/α-hetero) is 1. The quantitative estimate of drug-likeness (QED) is 0.505. The molecule has 0 saturated heterocycles. The summed E-state index contributed by atoms with van der Waals surface area (Å²) in [5, 5.41) is 0. The third kappa shape index (κ3) is 1.96. The van der Waals surface area contributed by atoms with Gasteiger partial charge in [0.15, 0.2) is 5.78 Å². The summed E-state index contributed by atoms with van der Waals surface area (Å²) < 4.78 is 0. The molecule has 1 aliphatic carbocycles. The van der Waals surface area contributed by atoms with Crippen LogP contribution in [-0.2, 0) is 4.79 Å². The number of allylic oxidation sites excluding steroid dienone is 2. The van der Waals surface area contributed by atoms with Crippen molar-refractivity contribution in [3.05, 3.63) is 11.1 Å². The van der Waals surface area contributed by atoms with Crippen LogP contribution in [0, 0.1) is 5.41 Å². The first-order valence-corrected chi connectivity index (χ1v) is 4.62. The molecule has 0 aromatic heterocycles. The second kappa shape index (κ2) is 3.04. The fourth-order valence-corrected chi connectivity index (χ4v) is 1.76. The van der Waals surface area contributed by atoms with Crippen molar-refractivity contribution >= 4 is 5.78 Å². The normalized spacial score (nSPS) is 22.7. The van der Waals surface area contributed by atoms with Crippen molar-refractivity contribution in [2.24, 2.45) is 5.41 Å². The van der Waals surface area contributed by atoms with Gasteiger partial charge in [-0.25, -0.2) is 0 Å². The number of hydrogen-bond acceptors (Lipinski definition) is 1. The molecule has 12 heavy (non-hydrogen) atoms. The van der Waals surface area contributed by atoms with Gasteiger partial charge in [0, 0.05) is 6.42 Å². The zero-order chi connectivity index (χ0) is 9.35. The van der Waals surface area contributed by atoms with E-state index in [1.54, 1.807) is 0 Å². The van der Waals surface area contributed by atoms with Crippen molar-refractivity contribution < 1.29 is 4.79 Å². The Hall–Kier alpha value is -0.590. The zero-order valence-corrected chi connectivity index (χ0v) is 8.53. The Morgan fingerprint density at radius 1 is 1.33 bits per heavy atom. The molecule has 0 N–H and O–H groups in total. The predicted molar refractivity (Wildman–Crippen MR) is 51.0 cm³/mol. The summed E-state index contributed by atoms with van der Waals surface area (Å²) in [4.78, 5) is 11.6. The van der Waals surface area contributed by atoms with Gasteiger partial charge in [0.1, 0.15) is 0 Å². The lowest BCUT2D eigenvalue weighted by molar-refractivity contribution is -0.118. The highest BCUT2D eigenvalue weighted by atomic mass is 16.1. The highest BCUT2D eigenvalue weighted by Crippen LogP contribution is 2.36. The molecule has 0 radical (unpaired) electrons. The van der Waals surface area contributed by atoms with Gasteiger partial charge in [0.25, 0.3) is 0 Å².